The second-order valence-corrected chi connectivity index (χ2v) is 12.9. The van der Waals surface area contributed by atoms with Crippen molar-refractivity contribution in [3.8, 4) is 5.75 Å². The number of hydrogen-bond donors (Lipinski definition) is 0. The van der Waals surface area contributed by atoms with Crippen molar-refractivity contribution in [2.24, 2.45) is 0 Å². The highest BCUT2D eigenvalue weighted by Crippen LogP contribution is 2.41. The fourth-order valence-corrected chi connectivity index (χ4v) is 7.60. The first-order valence-corrected chi connectivity index (χ1v) is 14.9. The van der Waals surface area contributed by atoms with Crippen molar-refractivity contribution >= 4 is 30.9 Å². The Hall–Kier alpha value is -3.14. The molecule has 0 fully saturated rings. The molecule has 1 atom stereocenters. The van der Waals surface area contributed by atoms with E-state index in [9.17, 15) is 16.8 Å². The quantitative estimate of drug-likeness (QED) is 0.384. The average Bonchev–Trinajstić information content (AvgIpc) is 3.05. The smallest absolute Gasteiger partial charge is 0.243 e. The minimum atomic E-state index is -3.80. The van der Waals surface area contributed by atoms with E-state index in [0.717, 1.165) is 16.5 Å². The van der Waals surface area contributed by atoms with Crippen LogP contribution >= 0.6 is 0 Å². The molecule has 0 radical (unpaired) electrons. The molecule has 0 aliphatic carbocycles. The van der Waals surface area contributed by atoms with Crippen LogP contribution < -0.4 is 4.74 Å². The molecule has 0 bridgehead atoms. The number of para-hydroxylation sites is 1. The molecule has 5 rings (SSSR count). The van der Waals surface area contributed by atoms with Crippen molar-refractivity contribution in [1.82, 2.24) is 8.28 Å². The van der Waals surface area contributed by atoms with Gasteiger partial charge in [0.1, 0.15) is 5.75 Å². The van der Waals surface area contributed by atoms with Gasteiger partial charge in [0.05, 0.1) is 23.8 Å². The van der Waals surface area contributed by atoms with Gasteiger partial charge >= 0.3 is 0 Å². The predicted octanol–water partition coefficient (Wildman–Crippen LogP) is 4.49. The summed E-state index contributed by atoms with van der Waals surface area (Å²) >= 11 is 0. The Labute approximate surface area is 212 Å². The average molecular weight is 525 g/mol. The Morgan fingerprint density at radius 3 is 2.19 bits per heavy atom. The maximum atomic E-state index is 13.7. The van der Waals surface area contributed by atoms with Crippen molar-refractivity contribution in [1.29, 1.82) is 0 Å². The van der Waals surface area contributed by atoms with Crippen LogP contribution in [0.25, 0.3) is 10.9 Å². The van der Waals surface area contributed by atoms with Gasteiger partial charge in [0.15, 0.2) is 0 Å². The van der Waals surface area contributed by atoms with E-state index in [0.29, 0.717) is 28.9 Å². The molecule has 1 aliphatic rings. The number of hydrogen-bond acceptors (Lipinski definition) is 5. The minimum Gasteiger partial charge on any atom is -0.497 e. The molecular formula is C27H28N2O5S2. The number of methoxy groups -OCH3 is 1. The van der Waals surface area contributed by atoms with Gasteiger partial charge in [-0.25, -0.2) is 20.8 Å². The number of ether oxygens (including phenoxy) is 1. The minimum absolute atomic E-state index is 0.0846. The lowest BCUT2D eigenvalue weighted by Gasteiger charge is -2.21. The Morgan fingerprint density at radius 1 is 0.889 bits per heavy atom. The lowest BCUT2D eigenvalue weighted by atomic mass is 9.91. The number of aromatic nitrogens is 1. The first-order chi connectivity index (χ1) is 17.1. The molecule has 4 aromatic rings. The van der Waals surface area contributed by atoms with Crippen LogP contribution in [0.3, 0.4) is 0 Å². The van der Waals surface area contributed by atoms with E-state index in [2.05, 4.69) is 0 Å². The Kier molecular flexibility index (Phi) is 6.18. The SMILES string of the molecule is COc1ccc(C2CCN(S(=O)(=O)c3ccc(C)cc3)Cc3c2n(S(C)(=O)=O)c2ccccc32)cc1. The summed E-state index contributed by atoms with van der Waals surface area (Å²) in [7, 11) is -5.89. The van der Waals surface area contributed by atoms with Gasteiger partial charge in [-0.1, -0.05) is 48.0 Å². The van der Waals surface area contributed by atoms with E-state index in [1.165, 1.54) is 14.5 Å². The van der Waals surface area contributed by atoms with Crippen molar-refractivity contribution in [3.63, 3.8) is 0 Å². The van der Waals surface area contributed by atoms with Crippen LogP contribution in [0.1, 0.15) is 34.7 Å². The second-order valence-electron chi connectivity index (χ2n) is 9.17. The standard InChI is InChI=1S/C27H28N2O5S2/c1-19-8-14-22(15-9-19)36(32,33)28-17-16-23(20-10-12-21(34-2)13-11-20)27-25(18-28)24-6-4-5-7-26(24)29(27)35(3,30)31/h4-15,23H,16-18H2,1-3H3. The van der Waals surface area contributed by atoms with Gasteiger partial charge in [-0.2, -0.15) is 4.31 Å². The zero-order chi connectivity index (χ0) is 25.7. The van der Waals surface area contributed by atoms with Crippen molar-refractivity contribution < 1.29 is 21.6 Å². The van der Waals surface area contributed by atoms with Crippen molar-refractivity contribution in [2.45, 2.75) is 30.7 Å². The molecule has 1 unspecified atom stereocenters. The summed E-state index contributed by atoms with van der Waals surface area (Å²) in [6.45, 7) is 2.25. The Bertz CT molecular complexity index is 1640. The molecule has 2 heterocycles. The highest BCUT2D eigenvalue weighted by molar-refractivity contribution is 7.89. The van der Waals surface area contributed by atoms with Gasteiger partial charge in [0.2, 0.25) is 20.0 Å². The summed E-state index contributed by atoms with van der Waals surface area (Å²) < 4.78 is 61.8. The summed E-state index contributed by atoms with van der Waals surface area (Å²) in [6.07, 6.45) is 1.62. The third kappa shape index (κ3) is 4.21. The first kappa shape index (κ1) is 24.5. The number of fused-ring (bicyclic) bond motifs is 3. The molecule has 36 heavy (non-hydrogen) atoms. The van der Waals surface area contributed by atoms with E-state index < -0.39 is 20.0 Å². The van der Waals surface area contributed by atoms with Crippen LogP contribution in [0.5, 0.6) is 5.75 Å². The lowest BCUT2D eigenvalue weighted by molar-refractivity contribution is 0.405. The summed E-state index contributed by atoms with van der Waals surface area (Å²) in [4.78, 5) is 0.226. The number of aryl methyl sites for hydroxylation is 1. The summed E-state index contributed by atoms with van der Waals surface area (Å²) in [6, 6.07) is 21.6. The molecule has 0 saturated carbocycles. The molecule has 1 aromatic heterocycles. The van der Waals surface area contributed by atoms with Crippen molar-refractivity contribution in [3.05, 3.63) is 95.2 Å². The zero-order valence-corrected chi connectivity index (χ0v) is 22.0. The largest absolute Gasteiger partial charge is 0.497 e. The summed E-state index contributed by atoms with van der Waals surface area (Å²) in [5, 5.41) is 0.738. The third-order valence-electron chi connectivity index (χ3n) is 6.82. The summed E-state index contributed by atoms with van der Waals surface area (Å²) in [5.74, 6) is 0.367. The Balaban J connectivity index is 1.74. The van der Waals surface area contributed by atoms with Crippen LogP contribution in [0.2, 0.25) is 0 Å². The normalized spacial score (nSPS) is 17.0. The number of nitrogens with zero attached hydrogens (tertiary/aromatic N) is 2. The van der Waals surface area contributed by atoms with E-state index in [-0.39, 0.29) is 23.9 Å². The van der Waals surface area contributed by atoms with Crippen LogP contribution in [0.15, 0.2) is 77.7 Å². The van der Waals surface area contributed by atoms with Gasteiger partial charge < -0.3 is 4.74 Å². The van der Waals surface area contributed by atoms with Gasteiger partial charge in [-0.15, -0.1) is 0 Å². The van der Waals surface area contributed by atoms with Crippen LogP contribution in [0.4, 0.5) is 0 Å². The molecule has 7 nitrogen and oxygen atoms in total. The predicted molar refractivity (Wildman–Crippen MR) is 140 cm³/mol. The molecule has 0 amide bonds. The number of sulfonamides is 1. The second kappa shape index (κ2) is 9.06. The topological polar surface area (TPSA) is 85.7 Å². The Morgan fingerprint density at radius 2 is 1.56 bits per heavy atom. The molecular weight excluding hydrogens is 496 g/mol. The first-order valence-electron chi connectivity index (χ1n) is 11.6. The van der Waals surface area contributed by atoms with Crippen molar-refractivity contribution in [2.75, 3.05) is 19.9 Å². The highest BCUT2D eigenvalue weighted by Gasteiger charge is 2.36. The van der Waals surface area contributed by atoms with Gasteiger partial charge in [0.25, 0.3) is 0 Å². The highest BCUT2D eigenvalue weighted by atomic mass is 32.2. The molecule has 0 spiro atoms. The molecule has 1 aliphatic heterocycles. The van der Waals surface area contributed by atoms with E-state index in [4.69, 9.17) is 4.74 Å². The fraction of sp³-hybridized carbons (Fsp3) is 0.259. The monoisotopic (exact) mass is 524 g/mol. The fourth-order valence-electron chi connectivity index (χ4n) is 5.06. The van der Waals surface area contributed by atoms with Crippen LogP contribution in [-0.4, -0.2) is 45.0 Å². The van der Waals surface area contributed by atoms with Crippen LogP contribution in [0, 0.1) is 6.92 Å². The third-order valence-corrected chi connectivity index (χ3v) is 9.73. The van der Waals surface area contributed by atoms with Gasteiger partial charge in [-0.3, -0.25) is 0 Å². The van der Waals surface area contributed by atoms with E-state index in [1.807, 2.05) is 43.3 Å². The molecule has 9 heteroatoms. The number of benzene rings is 3. The molecule has 3 aromatic carbocycles. The van der Waals surface area contributed by atoms with Crippen LogP contribution in [-0.2, 0) is 26.6 Å². The summed E-state index contributed by atoms with van der Waals surface area (Å²) in [5.41, 5.74) is 3.76. The molecule has 188 valence electrons. The van der Waals surface area contributed by atoms with E-state index >= 15 is 0 Å². The molecule has 0 saturated heterocycles. The number of rotatable bonds is 5. The maximum absolute atomic E-state index is 13.7. The van der Waals surface area contributed by atoms with E-state index in [1.54, 1.807) is 43.5 Å². The molecule has 0 N–H and O–H groups in total. The zero-order valence-electron chi connectivity index (χ0n) is 20.4. The lowest BCUT2D eigenvalue weighted by Crippen LogP contribution is -2.31. The maximum Gasteiger partial charge on any atom is 0.243 e. The van der Waals surface area contributed by atoms with Gasteiger partial charge in [-0.05, 0) is 54.8 Å². The van der Waals surface area contributed by atoms with Gasteiger partial charge in [0, 0.05) is 30.1 Å².